The lowest BCUT2D eigenvalue weighted by atomic mass is 10.2. The van der Waals surface area contributed by atoms with E-state index in [2.05, 4.69) is 10.3 Å². The summed E-state index contributed by atoms with van der Waals surface area (Å²) in [6.45, 7) is 2.19. The van der Waals surface area contributed by atoms with E-state index >= 15 is 0 Å². The van der Waals surface area contributed by atoms with Crippen molar-refractivity contribution >= 4 is 43.6 Å². The number of non-ortho nitro benzene ring substituents is 1. The van der Waals surface area contributed by atoms with Crippen LogP contribution in [0.4, 0.5) is 10.8 Å². The summed E-state index contributed by atoms with van der Waals surface area (Å²) in [6, 6.07) is 12.5. The van der Waals surface area contributed by atoms with Crippen LogP contribution in [0.15, 0.2) is 58.5 Å². The van der Waals surface area contributed by atoms with Crippen molar-refractivity contribution in [3.63, 3.8) is 0 Å². The first kappa shape index (κ1) is 19.3. The molecule has 0 fully saturated rings. The normalized spacial score (nSPS) is 11.3. The van der Waals surface area contributed by atoms with Gasteiger partial charge in [-0.25, -0.2) is 13.4 Å². The van der Waals surface area contributed by atoms with Gasteiger partial charge in [-0.1, -0.05) is 52.8 Å². The van der Waals surface area contributed by atoms with Crippen LogP contribution in [0.2, 0.25) is 4.34 Å². The van der Waals surface area contributed by atoms with Crippen LogP contribution in [0, 0.1) is 17.0 Å². The minimum Gasteiger partial charge on any atom is -0.357 e. The Labute approximate surface area is 164 Å². The lowest BCUT2D eigenvalue weighted by molar-refractivity contribution is -0.384. The van der Waals surface area contributed by atoms with Crippen LogP contribution in [-0.2, 0) is 16.4 Å². The smallest absolute Gasteiger partial charge is 0.269 e. The number of nitrogens with one attached hydrogen (secondary N) is 1. The topological polar surface area (TPSA) is 102 Å². The molecule has 0 aliphatic heterocycles. The Bertz CT molecular complexity index is 1080. The summed E-state index contributed by atoms with van der Waals surface area (Å²) < 4.78 is 25.5. The van der Waals surface area contributed by atoms with Gasteiger partial charge in [0.25, 0.3) is 5.69 Å². The van der Waals surface area contributed by atoms with Gasteiger partial charge in [0.05, 0.1) is 9.82 Å². The Morgan fingerprint density at radius 1 is 1.15 bits per heavy atom. The molecule has 1 heterocycles. The minimum atomic E-state index is -3.81. The van der Waals surface area contributed by atoms with Crippen molar-refractivity contribution in [2.75, 3.05) is 5.32 Å². The molecule has 27 heavy (non-hydrogen) atoms. The zero-order valence-corrected chi connectivity index (χ0v) is 16.4. The first-order valence-corrected chi connectivity index (χ1v) is 10.4. The number of sulfone groups is 1. The van der Waals surface area contributed by atoms with E-state index < -0.39 is 14.8 Å². The molecule has 1 N–H and O–H groups in total. The Balaban J connectivity index is 1.78. The number of rotatable bonds is 6. The molecule has 0 aliphatic rings. The molecule has 0 saturated heterocycles. The number of nitro benzene ring substituents is 1. The fourth-order valence-corrected chi connectivity index (χ4v) is 5.07. The molecule has 1 aromatic heterocycles. The Hall–Kier alpha value is -2.49. The minimum absolute atomic E-state index is 0.00233. The van der Waals surface area contributed by atoms with Crippen molar-refractivity contribution in [3.8, 4) is 0 Å². The molecule has 0 spiro atoms. The Morgan fingerprint density at radius 3 is 2.37 bits per heavy atom. The third-order valence-corrected chi connectivity index (χ3v) is 6.88. The molecule has 0 saturated carbocycles. The summed E-state index contributed by atoms with van der Waals surface area (Å²) in [5.74, 6) is 0. The summed E-state index contributed by atoms with van der Waals surface area (Å²) >= 11 is 7.13. The molecule has 3 rings (SSSR count). The monoisotopic (exact) mass is 423 g/mol. The zero-order valence-electron chi connectivity index (χ0n) is 14.0. The molecule has 0 amide bonds. The summed E-state index contributed by atoms with van der Waals surface area (Å²) in [5.41, 5.74) is 1.74. The number of hydrogen-bond donors (Lipinski definition) is 1. The number of benzene rings is 2. The van der Waals surface area contributed by atoms with Gasteiger partial charge >= 0.3 is 0 Å². The molecular weight excluding hydrogens is 410 g/mol. The Kier molecular flexibility index (Phi) is 5.45. The van der Waals surface area contributed by atoms with E-state index in [1.807, 2.05) is 6.92 Å². The second-order valence-corrected chi connectivity index (χ2v) is 9.16. The number of aryl methyl sites for hydroxylation is 1. The largest absolute Gasteiger partial charge is 0.357 e. The van der Waals surface area contributed by atoms with Crippen molar-refractivity contribution in [3.05, 3.63) is 74.1 Å². The molecule has 3 aromatic rings. The maximum Gasteiger partial charge on any atom is 0.269 e. The van der Waals surface area contributed by atoms with Gasteiger partial charge < -0.3 is 5.32 Å². The molecule has 2 aromatic carbocycles. The van der Waals surface area contributed by atoms with Crippen LogP contribution in [0.1, 0.15) is 11.1 Å². The van der Waals surface area contributed by atoms with Crippen molar-refractivity contribution in [2.24, 2.45) is 0 Å². The Morgan fingerprint density at radius 2 is 1.78 bits per heavy atom. The summed E-state index contributed by atoms with van der Waals surface area (Å²) in [6.07, 6.45) is 0. The predicted octanol–water partition coefficient (Wildman–Crippen LogP) is 4.46. The van der Waals surface area contributed by atoms with Gasteiger partial charge in [0.1, 0.15) is 4.34 Å². The van der Waals surface area contributed by atoms with Crippen molar-refractivity contribution < 1.29 is 13.3 Å². The molecule has 0 bridgehead atoms. The van der Waals surface area contributed by atoms with Crippen molar-refractivity contribution in [2.45, 2.75) is 23.4 Å². The molecule has 7 nitrogen and oxygen atoms in total. The molecule has 0 aliphatic carbocycles. The number of halogens is 1. The quantitative estimate of drug-likeness (QED) is 0.464. The molecule has 0 atom stereocenters. The first-order chi connectivity index (χ1) is 12.8. The van der Waals surface area contributed by atoms with E-state index in [4.69, 9.17) is 11.6 Å². The lowest BCUT2D eigenvalue weighted by Crippen LogP contribution is -2.04. The highest BCUT2D eigenvalue weighted by Gasteiger charge is 2.25. The molecule has 0 radical (unpaired) electrons. The van der Waals surface area contributed by atoms with Gasteiger partial charge in [-0.3, -0.25) is 10.1 Å². The van der Waals surface area contributed by atoms with Gasteiger partial charge in [-0.05, 0) is 24.6 Å². The third kappa shape index (κ3) is 4.26. The van der Waals surface area contributed by atoms with E-state index in [0.717, 1.165) is 22.5 Å². The highest BCUT2D eigenvalue weighted by molar-refractivity contribution is 7.91. The first-order valence-electron chi connectivity index (χ1n) is 7.72. The highest BCUT2D eigenvalue weighted by Crippen LogP contribution is 2.34. The maximum absolute atomic E-state index is 12.7. The average Bonchev–Trinajstić information content (AvgIpc) is 3.02. The summed E-state index contributed by atoms with van der Waals surface area (Å²) in [7, 11) is -3.81. The van der Waals surface area contributed by atoms with Crippen molar-refractivity contribution in [1.82, 2.24) is 4.98 Å². The predicted molar refractivity (Wildman–Crippen MR) is 104 cm³/mol. The highest BCUT2D eigenvalue weighted by atomic mass is 35.5. The van der Waals surface area contributed by atoms with Crippen molar-refractivity contribution in [1.29, 1.82) is 0 Å². The zero-order chi connectivity index (χ0) is 19.6. The number of nitrogens with zero attached hydrogens (tertiary/aromatic N) is 2. The van der Waals surface area contributed by atoms with E-state index in [1.54, 1.807) is 24.3 Å². The molecular formula is C17H14ClN3O4S2. The van der Waals surface area contributed by atoms with Crippen LogP contribution < -0.4 is 5.32 Å². The summed E-state index contributed by atoms with van der Waals surface area (Å²) in [5, 5.41) is 13.8. The van der Waals surface area contributed by atoms with Crippen LogP contribution in [0.25, 0.3) is 0 Å². The second kappa shape index (κ2) is 7.63. The van der Waals surface area contributed by atoms with Crippen LogP contribution in [0.5, 0.6) is 0 Å². The second-order valence-electron chi connectivity index (χ2n) is 5.69. The SMILES string of the molecule is Cc1ccc(S(=O)(=O)c2nc(NCc3ccc([N+](=O)[O-])cc3)sc2Cl)cc1. The fourth-order valence-electron chi connectivity index (χ4n) is 2.27. The van der Waals surface area contributed by atoms with Gasteiger partial charge in [-0.2, -0.15) is 0 Å². The number of hydrogen-bond acceptors (Lipinski definition) is 7. The van der Waals surface area contributed by atoms with Gasteiger partial charge in [0, 0.05) is 18.7 Å². The van der Waals surface area contributed by atoms with Gasteiger partial charge in [0.15, 0.2) is 10.2 Å². The average molecular weight is 424 g/mol. The molecule has 10 heteroatoms. The third-order valence-electron chi connectivity index (χ3n) is 3.73. The number of nitro groups is 1. The lowest BCUT2D eigenvalue weighted by Gasteiger charge is -2.03. The van der Waals surface area contributed by atoms with Crippen LogP contribution in [0.3, 0.4) is 0 Å². The van der Waals surface area contributed by atoms with Crippen LogP contribution >= 0.6 is 22.9 Å². The maximum atomic E-state index is 12.7. The summed E-state index contributed by atoms with van der Waals surface area (Å²) in [4.78, 5) is 14.4. The van der Waals surface area contributed by atoms with Gasteiger partial charge in [-0.15, -0.1) is 0 Å². The van der Waals surface area contributed by atoms with Crippen LogP contribution in [-0.4, -0.2) is 18.3 Å². The van der Waals surface area contributed by atoms with Gasteiger partial charge in [0.2, 0.25) is 9.84 Å². The number of aromatic nitrogens is 1. The van der Waals surface area contributed by atoms with E-state index in [1.165, 1.54) is 24.3 Å². The molecule has 140 valence electrons. The number of anilines is 1. The fraction of sp³-hybridized carbons (Fsp3) is 0.118. The number of thiazole rings is 1. The van der Waals surface area contributed by atoms with E-state index in [-0.39, 0.29) is 19.9 Å². The van der Waals surface area contributed by atoms with E-state index in [0.29, 0.717) is 11.7 Å². The standard InChI is InChI=1S/C17H14ClN3O4S2/c1-11-2-8-14(9-3-11)27(24,25)16-15(18)26-17(20-16)19-10-12-4-6-13(7-5-12)21(22)23/h2-9H,10H2,1H3,(H,19,20). The molecule has 0 unspecified atom stereocenters. The van der Waals surface area contributed by atoms with E-state index in [9.17, 15) is 18.5 Å².